The van der Waals surface area contributed by atoms with Gasteiger partial charge in [-0.15, -0.1) is 0 Å². The number of benzene rings is 1. The maximum Gasteiger partial charge on any atom is 0.231 e. The second-order valence-corrected chi connectivity index (χ2v) is 9.42. The molecule has 1 aliphatic heterocycles. The number of carbonyl (C=O) groups excluding carboxylic acids is 2. The molecule has 0 saturated carbocycles. The Labute approximate surface area is 204 Å². The number of halogens is 1. The highest BCUT2D eigenvalue weighted by Gasteiger charge is 2.35. The molecule has 2 aliphatic rings. The van der Waals surface area contributed by atoms with E-state index in [1.807, 2.05) is 17.0 Å². The molecular formula is C24H31ClN6O3. The van der Waals surface area contributed by atoms with Crippen LogP contribution in [-0.2, 0) is 9.59 Å². The number of carbonyl (C=O) groups is 2. The molecule has 0 radical (unpaired) electrons. The number of amides is 2. The van der Waals surface area contributed by atoms with Gasteiger partial charge < -0.3 is 26.0 Å². The van der Waals surface area contributed by atoms with Crippen molar-refractivity contribution in [3.63, 3.8) is 0 Å². The molecule has 2 aromatic rings. The molecule has 1 aromatic carbocycles. The van der Waals surface area contributed by atoms with E-state index in [9.17, 15) is 14.7 Å². The summed E-state index contributed by atoms with van der Waals surface area (Å²) in [4.78, 5) is 37.5. The van der Waals surface area contributed by atoms with Crippen molar-refractivity contribution in [2.75, 3.05) is 44.2 Å². The molecule has 9 nitrogen and oxygen atoms in total. The Morgan fingerprint density at radius 2 is 1.91 bits per heavy atom. The Morgan fingerprint density at radius 1 is 1.21 bits per heavy atom. The minimum Gasteiger partial charge on any atom is -0.387 e. The third-order valence-corrected chi connectivity index (χ3v) is 6.89. The van der Waals surface area contributed by atoms with Crippen LogP contribution in [0.2, 0.25) is 5.02 Å². The first kappa shape index (κ1) is 24.4. The number of aromatic nitrogens is 2. The number of hydrogen-bond donors (Lipinski definition) is 3. The number of primary amides is 1. The molecule has 34 heavy (non-hydrogen) atoms. The Hall–Kier alpha value is -2.75. The minimum absolute atomic E-state index is 0.0326. The lowest BCUT2D eigenvalue weighted by Crippen LogP contribution is -2.51. The van der Waals surface area contributed by atoms with Gasteiger partial charge in [0.25, 0.3) is 0 Å². The second-order valence-electron chi connectivity index (χ2n) is 8.99. The number of hydrogen-bond acceptors (Lipinski definition) is 7. The summed E-state index contributed by atoms with van der Waals surface area (Å²) in [6.07, 6.45) is 1.85. The molecule has 1 fully saturated rings. The first-order valence-corrected chi connectivity index (χ1v) is 12.0. The summed E-state index contributed by atoms with van der Waals surface area (Å²) < 4.78 is 0. The Morgan fingerprint density at radius 3 is 2.59 bits per heavy atom. The van der Waals surface area contributed by atoms with Gasteiger partial charge in [-0.3, -0.25) is 9.59 Å². The third-order valence-electron chi connectivity index (χ3n) is 6.64. The summed E-state index contributed by atoms with van der Waals surface area (Å²) >= 11 is 6.05. The predicted molar refractivity (Wildman–Crippen MR) is 130 cm³/mol. The molecule has 3 atom stereocenters. The van der Waals surface area contributed by atoms with Gasteiger partial charge in [0.05, 0.1) is 17.7 Å². The van der Waals surface area contributed by atoms with E-state index in [1.54, 1.807) is 12.1 Å². The lowest BCUT2D eigenvalue weighted by Gasteiger charge is -2.38. The van der Waals surface area contributed by atoms with Crippen molar-refractivity contribution in [2.24, 2.45) is 5.73 Å². The van der Waals surface area contributed by atoms with E-state index < -0.39 is 12.0 Å². The van der Waals surface area contributed by atoms with E-state index in [0.717, 1.165) is 22.6 Å². The zero-order valence-electron chi connectivity index (χ0n) is 19.3. The molecule has 0 spiro atoms. The van der Waals surface area contributed by atoms with E-state index >= 15 is 0 Å². The summed E-state index contributed by atoms with van der Waals surface area (Å²) in [6, 6.07) is 7.30. The molecule has 182 valence electrons. The second kappa shape index (κ2) is 10.7. The molecule has 0 unspecified atom stereocenters. The molecular weight excluding hydrogens is 456 g/mol. The number of nitrogens with one attached hydrogen (secondary N) is 1. The largest absolute Gasteiger partial charge is 0.387 e. The van der Waals surface area contributed by atoms with Gasteiger partial charge in [-0.2, -0.15) is 0 Å². The molecule has 1 aromatic heterocycles. The van der Waals surface area contributed by atoms with Crippen molar-refractivity contribution in [3.8, 4) is 0 Å². The van der Waals surface area contributed by atoms with E-state index in [0.29, 0.717) is 50.7 Å². The highest BCUT2D eigenvalue weighted by atomic mass is 35.5. The maximum atomic E-state index is 13.5. The van der Waals surface area contributed by atoms with Crippen molar-refractivity contribution < 1.29 is 14.7 Å². The van der Waals surface area contributed by atoms with Gasteiger partial charge in [0.15, 0.2) is 0 Å². The first-order chi connectivity index (χ1) is 16.3. The minimum atomic E-state index is -0.545. The summed E-state index contributed by atoms with van der Waals surface area (Å²) in [5.74, 6) is 0.321. The molecule has 4 N–H and O–H groups in total. The lowest BCUT2D eigenvalue weighted by atomic mass is 9.97. The third kappa shape index (κ3) is 5.32. The normalized spacial score (nSPS) is 20.8. The fourth-order valence-corrected chi connectivity index (χ4v) is 4.94. The van der Waals surface area contributed by atoms with Gasteiger partial charge in [-0.25, -0.2) is 9.97 Å². The fraction of sp³-hybridized carbons (Fsp3) is 0.500. The highest BCUT2D eigenvalue weighted by Crippen LogP contribution is 2.42. The Kier molecular flexibility index (Phi) is 7.65. The van der Waals surface area contributed by atoms with Gasteiger partial charge in [0, 0.05) is 56.3 Å². The van der Waals surface area contributed by atoms with Crippen LogP contribution in [0, 0.1) is 0 Å². The molecule has 1 saturated heterocycles. The average molecular weight is 487 g/mol. The quantitative estimate of drug-likeness (QED) is 0.483. The van der Waals surface area contributed by atoms with Crippen LogP contribution < -0.4 is 16.0 Å². The van der Waals surface area contributed by atoms with Crippen LogP contribution in [0.3, 0.4) is 0 Å². The number of piperazine rings is 1. The summed E-state index contributed by atoms with van der Waals surface area (Å²) in [5, 5.41) is 14.1. The van der Waals surface area contributed by atoms with Crippen molar-refractivity contribution in [3.05, 3.63) is 52.4 Å². The van der Waals surface area contributed by atoms with Crippen molar-refractivity contribution in [1.29, 1.82) is 0 Å². The van der Waals surface area contributed by atoms with Crippen LogP contribution in [0.1, 0.15) is 54.5 Å². The number of nitrogens with zero attached hydrogens (tertiary/aromatic N) is 4. The Balaban J connectivity index is 1.44. The Bertz CT molecular complexity index is 1030. The molecule has 0 bridgehead atoms. The zero-order chi connectivity index (χ0) is 24.2. The van der Waals surface area contributed by atoms with Crippen LogP contribution >= 0.6 is 11.6 Å². The molecule has 2 heterocycles. The van der Waals surface area contributed by atoms with Crippen LogP contribution in [0.5, 0.6) is 0 Å². The summed E-state index contributed by atoms with van der Waals surface area (Å²) in [7, 11) is 0. The van der Waals surface area contributed by atoms with Crippen molar-refractivity contribution >= 4 is 29.2 Å². The molecule has 4 rings (SSSR count). The molecule has 2 amide bonds. The van der Waals surface area contributed by atoms with Gasteiger partial charge in [0.2, 0.25) is 11.8 Å². The number of fused-ring (bicyclic) bond motifs is 1. The first-order valence-electron chi connectivity index (χ1n) is 11.7. The molecule has 10 heteroatoms. The van der Waals surface area contributed by atoms with Crippen LogP contribution in [-0.4, -0.2) is 71.1 Å². The van der Waals surface area contributed by atoms with Gasteiger partial charge in [-0.1, -0.05) is 30.7 Å². The number of aliphatic hydroxyl groups excluding tert-OH is 1. The van der Waals surface area contributed by atoms with E-state index in [2.05, 4.69) is 27.1 Å². The summed E-state index contributed by atoms with van der Waals surface area (Å²) in [5.41, 5.74) is 7.85. The average Bonchev–Trinajstić information content (AvgIpc) is 3.13. The smallest absolute Gasteiger partial charge is 0.231 e. The fourth-order valence-electron chi connectivity index (χ4n) is 4.81. The number of aliphatic hydroxyl groups is 1. The van der Waals surface area contributed by atoms with Gasteiger partial charge in [-0.05, 0) is 30.0 Å². The van der Waals surface area contributed by atoms with Crippen molar-refractivity contribution in [1.82, 2.24) is 20.2 Å². The highest BCUT2D eigenvalue weighted by molar-refractivity contribution is 6.30. The zero-order valence-corrected chi connectivity index (χ0v) is 20.0. The van der Waals surface area contributed by atoms with Crippen LogP contribution in [0.15, 0.2) is 30.6 Å². The topological polar surface area (TPSA) is 125 Å². The number of anilines is 1. The SMILES string of the molecule is C[C@@H]1C[C@@H](O)c2ncnc(N3CCN(C(=O)[C@H](CNCCC(N)=O)c4ccc(Cl)cc4)CC3)c21. The van der Waals surface area contributed by atoms with Crippen LogP contribution in [0.25, 0.3) is 0 Å². The van der Waals surface area contributed by atoms with E-state index in [1.165, 1.54) is 6.33 Å². The van der Waals surface area contributed by atoms with Gasteiger partial charge in [0.1, 0.15) is 12.1 Å². The van der Waals surface area contributed by atoms with Crippen LogP contribution in [0.4, 0.5) is 5.82 Å². The predicted octanol–water partition coefficient (Wildman–Crippen LogP) is 1.57. The molecule has 1 aliphatic carbocycles. The van der Waals surface area contributed by atoms with Crippen molar-refractivity contribution in [2.45, 2.75) is 37.7 Å². The number of rotatable bonds is 8. The maximum absolute atomic E-state index is 13.5. The summed E-state index contributed by atoms with van der Waals surface area (Å²) in [6.45, 7) is 5.36. The van der Waals surface area contributed by atoms with E-state index in [4.69, 9.17) is 17.3 Å². The number of nitrogens with two attached hydrogens (primary N) is 1. The lowest BCUT2D eigenvalue weighted by molar-refractivity contribution is -0.133. The van der Waals surface area contributed by atoms with Gasteiger partial charge >= 0.3 is 0 Å². The standard InChI is InChI=1S/C24H31ClN6O3/c1-15-12-19(32)22-21(15)23(29-14-28-22)30-8-10-31(11-9-30)24(34)18(13-27-7-6-20(26)33)16-2-4-17(25)5-3-16/h2-5,14-15,18-19,27,32H,6-13H2,1H3,(H2,26,33)/t15-,18-,19-/m1/s1. The van der Waals surface area contributed by atoms with E-state index in [-0.39, 0.29) is 24.2 Å². The monoisotopic (exact) mass is 486 g/mol.